The highest BCUT2D eigenvalue weighted by Crippen LogP contribution is 2.57. The van der Waals surface area contributed by atoms with Gasteiger partial charge in [0.15, 0.2) is 0 Å². The van der Waals surface area contributed by atoms with Crippen molar-refractivity contribution in [3.63, 3.8) is 0 Å². The highest BCUT2D eigenvalue weighted by Gasteiger charge is 2.51. The quantitative estimate of drug-likeness (QED) is 0.750. The van der Waals surface area contributed by atoms with Gasteiger partial charge in [-0.05, 0) is 63.8 Å². The smallest absolute Gasteiger partial charge is 0.355 e. The average Bonchev–Trinajstić information content (AvgIpc) is 3.01. The maximum Gasteiger partial charge on any atom is 0.355 e. The van der Waals surface area contributed by atoms with Gasteiger partial charge in [0.05, 0.1) is 17.7 Å². The van der Waals surface area contributed by atoms with E-state index in [1.54, 1.807) is 0 Å². The van der Waals surface area contributed by atoms with E-state index in [9.17, 15) is 4.79 Å². The third kappa shape index (κ3) is 2.29. The number of hydrogen-bond donors (Lipinski definition) is 0. The monoisotopic (exact) mass is 364 g/mol. The van der Waals surface area contributed by atoms with E-state index in [0.717, 1.165) is 43.6 Å². The lowest BCUT2D eigenvalue weighted by molar-refractivity contribution is -0.140. The van der Waals surface area contributed by atoms with Crippen molar-refractivity contribution in [2.75, 3.05) is 13.1 Å². The van der Waals surface area contributed by atoms with Gasteiger partial charge in [-0.25, -0.2) is 4.79 Å². The fourth-order valence-corrected chi connectivity index (χ4v) is 5.70. The Morgan fingerprint density at radius 1 is 1.30 bits per heavy atom. The summed E-state index contributed by atoms with van der Waals surface area (Å²) in [5, 5.41) is 1.30. The Labute approximate surface area is 160 Å². The van der Waals surface area contributed by atoms with E-state index in [4.69, 9.17) is 4.74 Å². The first kappa shape index (κ1) is 17.1. The molecule has 2 aromatic rings. The number of benzene rings is 1. The van der Waals surface area contributed by atoms with E-state index in [2.05, 4.69) is 46.7 Å². The normalized spacial score (nSPS) is 26.8. The van der Waals surface area contributed by atoms with Crippen LogP contribution in [0.1, 0.15) is 57.3 Å². The van der Waals surface area contributed by atoms with Crippen molar-refractivity contribution in [3.8, 4) is 0 Å². The van der Waals surface area contributed by atoms with Crippen molar-refractivity contribution in [3.05, 3.63) is 41.6 Å². The lowest BCUT2D eigenvalue weighted by Crippen LogP contribution is -2.51. The van der Waals surface area contributed by atoms with Crippen molar-refractivity contribution in [1.29, 1.82) is 0 Å². The van der Waals surface area contributed by atoms with Gasteiger partial charge in [0.1, 0.15) is 5.70 Å². The first-order valence-electron chi connectivity index (χ1n) is 10.4. The van der Waals surface area contributed by atoms with E-state index >= 15 is 0 Å². The van der Waals surface area contributed by atoms with Crippen LogP contribution in [0, 0.1) is 5.41 Å². The molecule has 0 N–H and O–H groups in total. The molecule has 0 unspecified atom stereocenters. The zero-order valence-corrected chi connectivity index (χ0v) is 16.5. The number of hydrogen-bond acceptors (Lipinski definition) is 3. The molecular weight excluding hydrogens is 336 g/mol. The van der Waals surface area contributed by atoms with Crippen molar-refractivity contribution < 1.29 is 9.53 Å². The summed E-state index contributed by atoms with van der Waals surface area (Å²) in [4.78, 5) is 15.8. The molecule has 3 aliphatic heterocycles. The predicted octanol–water partition coefficient (Wildman–Crippen LogP) is 4.54. The highest BCUT2D eigenvalue weighted by molar-refractivity contribution is 6.13. The van der Waals surface area contributed by atoms with E-state index in [0.29, 0.717) is 6.04 Å². The predicted molar refractivity (Wildman–Crippen MR) is 107 cm³/mol. The third-order valence-electron chi connectivity index (χ3n) is 6.80. The average molecular weight is 364 g/mol. The number of rotatable bonds is 3. The Morgan fingerprint density at radius 2 is 2.11 bits per heavy atom. The van der Waals surface area contributed by atoms with Crippen LogP contribution in [0.5, 0.6) is 0 Å². The largest absolute Gasteiger partial charge is 0.458 e. The first-order valence-corrected chi connectivity index (χ1v) is 10.4. The number of aromatic nitrogens is 1. The Balaban J connectivity index is 1.82. The summed E-state index contributed by atoms with van der Waals surface area (Å²) >= 11 is 0. The van der Waals surface area contributed by atoms with Crippen molar-refractivity contribution in [1.82, 2.24) is 9.47 Å². The third-order valence-corrected chi connectivity index (χ3v) is 6.80. The standard InChI is InChI=1S/C23H28N2O2/c1-4-23-11-7-12-24-13-10-17-16-8-5-6-9-18(16)25(20(17)21(23)24)19(14-23)22(26)27-15(2)3/h5-6,8-9,14-15,21H,4,7,10-13H2,1-3H3/t21-,23+/m1/s1. The van der Waals surface area contributed by atoms with Crippen LogP contribution >= 0.6 is 0 Å². The zero-order chi connectivity index (χ0) is 18.8. The molecule has 0 spiro atoms. The summed E-state index contributed by atoms with van der Waals surface area (Å²) < 4.78 is 7.90. The van der Waals surface area contributed by atoms with Gasteiger partial charge >= 0.3 is 5.97 Å². The molecule has 2 atom stereocenters. The molecule has 27 heavy (non-hydrogen) atoms. The number of nitrogens with zero attached hydrogens (tertiary/aromatic N) is 2. The van der Waals surface area contributed by atoms with Crippen LogP contribution < -0.4 is 0 Å². The molecule has 0 radical (unpaired) electrons. The first-order chi connectivity index (χ1) is 13.1. The van der Waals surface area contributed by atoms with E-state index in [1.807, 2.05) is 13.8 Å². The van der Waals surface area contributed by atoms with Crippen LogP contribution in [0.4, 0.5) is 0 Å². The second-order valence-electron chi connectivity index (χ2n) is 8.58. The number of piperidine rings is 1. The van der Waals surface area contributed by atoms with Gasteiger partial charge in [-0.3, -0.25) is 4.90 Å². The number of fused-ring (bicyclic) bond motifs is 3. The second-order valence-corrected chi connectivity index (χ2v) is 8.58. The molecule has 1 fully saturated rings. The Bertz CT molecular complexity index is 955. The van der Waals surface area contributed by atoms with Crippen molar-refractivity contribution in [2.45, 2.75) is 58.6 Å². The SMILES string of the molecule is CC[C@@]12C=C(C(=O)OC(C)C)n3c4c(c5ccccc53)CCN(CCC1)[C@H]42. The minimum Gasteiger partial charge on any atom is -0.458 e. The molecule has 142 valence electrons. The van der Waals surface area contributed by atoms with E-state index in [-0.39, 0.29) is 17.5 Å². The Morgan fingerprint density at radius 3 is 2.89 bits per heavy atom. The van der Waals surface area contributed by atoms with Crippen molar-refractivity contribution in [2.24, 2.45) is 5.41 Å². The van der Waals surface area contributed by atoms with Gasteiger partial charge in [-0.1, -0.05) is 25.1 Å². The van der Waals surface area contributed by atoms with E-state index in [1.165, 1.54) is 23.1 Å². The molecule has 4 heteroatoms. The summed E-state index contributed by atoms with van der Waals surface area (Å²) in [6, 6.07) is 8.93. The molecule has 4 nitrogen and oxygen atoms in total. The summed E-state index contributed by atoms with van der Waals surface area (Å²) in [7, 11) is 0. The number of ether oxygens (including phenoxy) is 1. The molecule has 1 saturated heterocycles. The van der Waals surface area contributed by atoms with Crippen LogP contribution in [0.25, 0.3) is 16.6 Å². The maximum absolute atomic E-state index is 13.1. The molecule has 4 heterocycles. The summed E-state index contributed by atoms with van der Waals surface area (Å²) in [6.07, 6.45) is 6.60. The molecule has 1 aromatic carbocycles. The number of carbonyl (C=O) groups excluding carboxylic acids is 1. The molecule has 0 amide bonds. The minimum absolute atomic E-state index is 0.0309. The van der Waals surface area contributed by atoms with Gasteiger partial charge in [0.2, 0.25) is 0 Å². The zero-order valence-electron chi connectivity index (χ0n) is 16.5. The van der Waals surface area contributed by atoms with Crippen molar-refractivity contribution >= 4 is 22.6 Å². The molecule has 0 aliphatic carbocycles. The second kappa shape index (κ2) is 5.96. The minimum atomic E-state index is -0.192. The highest BCUT2D eigenvalue weighted by atomic mass is 16.5. The fraction of sp³-hybridized carbons (Fsp3) is 0.522. The van der Waals surface area contributed by atoms with Crippen LogP contribution in [0.2, 0.25) is 0 Å². The van der Waals surface area contributed by atoms with Crippen LogP contribution in [-0.2, 0) is 16.0 Å². The van der Waals surface area contributed by atoms with Gasteiger partial charge in [0, 0.05) is 23.0 Å². The lowest BCUT2D eigenvalue weighted by atomic mass is 9.66. The molecule has 0 bridgehead atoms. The lowest BCUT2D eigenvalue weighted by Gasteiger charge is -2.53. The molecule has 5 rings (SSSR count). The molecule has 0 saturated carbocycles. The maximum atomic E-state index is 13.1. The Kier molecular flexibility index (Phi) is 3.77. The Hall–Kier alpha value is -2.07. The number of esters is 1. The van der Waals surface area contributed by atoms with Gasteiger partial charge < -0.3 is 9.30 Å². The van der Waals surface area contributed by atoms with Crippen LogP contribution in [-0.4, -0.2) is 34.6 Å². The van der Waals surface area contributed by atoms with Gasteiger partial charge in [0.25, 0.3) is 0 Å². The van der Waals surface area contributed by atoms with Gasteiger partial charge in [-0.2, -0.15) is 0 Å². The molecule has 3 aliphatic rings. The molecule has 1 aromatic heterocycles. The molecular formula is C23H28N2O2. The van der Waals surface area contributed by atoms with Crippen LogP contribution in [0.3, 0.4) is 0 Å². The number of carbonyl (C=O) groups is 1. The summed E-state index contributed by atoms with van der Waals surface area (Å²) in [6.45, 7) is 8.40. The summed E-state index contributed by atoms with van der Waals surface area (Å²) in [5.74, 6) is -0.192. The fourth-order valence-electron chi connectivity index (χ4n) is 5.70. The topological polar surface area (TPSA) is 34.5 Å². The number of para-hydroxylation sites is 1. The summed E-state index contributed by atoms with van der Waals surface area (Å²) in [5.41, 5.74) is 4.69. The van der Waals surface area contributed by atoms with Gasteiger partial charge in [-0.15, -0.1) is 0 Å². The van der Waals surface area contributed by atoms with Crippen LogP contribution in [0.15, 0.2) is 30.3 Å². The van der Waals surface area contributed by atoms with E-state index < -0.39 is 0 Å².